The van der Waals surface area contributed by atoms with Crippen LogP contribution in [-0.4, -0.2) is 24.7 Å². The summed E-state index contributed by atoms with van der Waals surface area (Å²) in [6.07, 6.45) is 0. The van der Waals surface area contributed by atoms with E-state index >= 15 is 0 Å². The summed E-state index contributed by atoms with van der Waals surface area (Å²) >= 11 is 4.52. The van der Waals surface area contributed by atoms with Crippen molar-refractivity contribution >= 4 is 56.8 Å². The Bertz CT molecular complexity index is 741. The Morgan fingerprint density at radius 3 is 2.62 bits per heavy atom. The molecule has 21 heavy (non-hydrogen) atoms. The number of carbonyl (C=O) groups excluding carboxylic acids is 1. The van der Waals surface area contributed by atoms with Crippen molar-refractivity contribution < 1.29 is 4.79 Å². The summed E-state index contributed by atoms with van der Waals surface area (Å²) < 4.78 is 2.24. The molecule has 0 spiro atoms. The van der Waals surface area contributed by atoms with E-state index in [2.05, 4.69) is 55.5 Å². The number of halogens is 2. The van der Waals surface area contributed by atoms with Gasteiger partial charge < -0.3 is 5.32 Å². The normalized spacial score (nSPS) is 13.7. The summed E-state index contributed by atoms with van der Waals surface area (Å²) in [5.41, 5.74) is 2.29. The number of nitrogens with zero attached hydrogens (tertiary/aromatic N) is 1. The van der Waals surface area contributed by atoms with Crippen LogP contribution in [0.3, 0.4) is 0 Å². The zero-order valence-corrected chi connectivity index (χ0v) is 15.4. The van der Waals surface area contributed by atoms with Crippen molar-refractivity contribution in [3.63, 3.8) is 0 Å². The van der Waals surface area contributed by atoms with Gasteiger partial charge in [0.05, 0.1) is 6.54 Å². The predicted molar refractivity (Wildman–Crippen MR) is 101 cm³/mol. The van der Waals surface area contributed by atoms with Crippen molar-refractivity contribution in [1.82, 2.24) is 5.32 Å². The smallest absolute Gasteiger partial charge is 0.193 e. The maximum Gasteiger partial charge on any atom is 0.193 e. The van der Waals surface area contributed by atoms with Gasteiger partial charge in [-0.2, -0.15) is 0 Å². The number of amidine groups is 1. The molecule has 0 atom stereocenters. The van der Waals surface area contributed by atoms with Gasteiger partial charge in [0.25, 0.3) is 0 Å². The highest BCUT2D eigenvalue weighted by Crippen LogP contribution is 2.21. The minimum absolute atomic E-state index is 0.0383. The third-order valence-electron chi connectivity index (χ3n) is 3.28. The van der Waals surface area contributed by atoms with Gasteiger partial charge in [0.1, 0.15) is 5.84 Å². The molecule has 0 amide bonds. The molecule has 0 bridgehead atoms. The highest BCUT2D eigenvalue weighted by atomic mass is 127. The second kappa shape index (κ2) is 6.43. The lowest BCUT2D eigenvalue weighted by atomic mass is 9.98. The molecule has 0 saturated heterocycles. The first-order valence-corrected chi connectivity index (χ1v) is 8.70. The van der Waals surface area contributed by atoms with Crippen molar-refractivity contribution in [3.8, 4) is 0 Å². The molecular formula is C16H12I2N2O. The van der Waals surface area contributed by atoms with E-state index in [0.29, 0.717) is 11.1 Å². The summed E-state index contributed by atoms with van der Waals surface area (Å²) in [4.78, 5) is 17.2. The number of aliphatic imine (C=N–C) groups is 1. The van der Waals surface area contributed by atoms with Crippen molar-refractivity contribution in [2.45, 2.75) is 0 Å². The Labute approximate surface area is 150 Å². The van der Waals surface area contributed by atoms with Crippen LogP contribution >= 0.6 is 45.2 Å². The Hall–Kier alpha value is -0.960. The molecule has 0 unspecified atom stereocenters. The molecule has 0 radical (unpaired) electrons. The molecule has 1 aliphatic heterocycles. The van der Waals surface area contributed by atoms with E-state index in [-0.39, 0.29) is 5.78 Å². The summed E-state index contributed by atoms with van der Waals surface area (Å²) in [5.74, 6) is 0.857. The van der Waals surface area contributed by atoms with Crippen LogP contribution in [-0.2, 0) is 0 Å². The van der Waals surface area contributed by atoms with Gasteiger partial charge in [-0.1, -0.05) is 24.3 Å². The first-order chi connectivity index (χ1) is 10.2. The molecule has 1 heterocycles. The van der Waals surface area contributed by atoms with Crippen LogP contribution in [0.2, 0.25) is 0 Å². The molecular weight excluding hydrogens is 490 g/mol. The van der Waals surface area contributed by atoms with Crippen LogP contribution in [0.5, 0.6) is 0 Å². The third-order valence-corrected chi connectivity index (χ3v) is 6.15. The van der Waals surface area contributed by atoms with Crippen molar-refractivity contribution in [2.75, 3.05) is 13.1 Å². The SMILES string of the molecule is O=C(c1ccc(I)c(I)c1)c1ccccc1C1=NCCN1. The van der Waals surface area contributed by atoms with Crippen LogP contribution in [0.1, 0.15) is 21.5 Å². The van der Waals surface area contributed by atoms with Crippen molar-refractivity contribution in [2.24, 2.45) is 4.99 Å². The van der Waals surface area contributed by atoms with Crippen molar-refractivity contribution in [1.29, 1.82) is 0 Å². The summed E-state index contributed by atoms with van der Waals surface area (Å²) in [5, 5.41) is 3.24. The zero-order chi connectivity index (χ0) is 14.8. The molecule has 5 heteroatoms. The van der Waals surface area contributed by atoms with Crippen LogP contribution in [0.25, 0.3) is 0 Å². The Kier molecular flexibility index (Phi) is 4.58. The van der Waals surface area contributed by atoms with Gasteiger partial charge in [-0.15, -0.1) is 0 Å². The lowest BCUT2D eigenvalue weighted by molar-refractivity contribution is 0.103. The molecule has 0 aliphatic carbocycles. The molecule has 0 fully saturated rings. The zero-order valence-electron chi connectivity index (χ0n) is 11.1. The van der Waals surface area contributed by atoms with Crippen LogP contribution in [0.15, 0.2) is 47.5 Å². The topological polar surface area (TPSA) is 41.5 Å². The number of ketones is 1. The first kappa shape index (κ1) is 15.0. The maximum absolute atomic E-state index is 12.8. The fraction of sp³-hybridized carbons (Fsp3) is 0.125. The maximum atomic E-state index is 12.8. The number of benzene rings is 2. The van der Waals surface area contributed by atoms with Gasteiger partial charge in [-0.3, -0.25) is 9.79 Å². The summed E-state index contributed by atoms with van der Waals surface area (Å²) in [7, 11) is 0. The number of rotatable bonds is 3. The quantitative estimate of drug-likeness (QED) is 0.517. The largest absolute Gasteiger partial charge is 0.368 e. The second-order valence-electron chi connectivity index (χ2n) is 4.66. The van der Waals surface area contributed by atoms with E-state index in [4.69, 9.17) is 0 Å². The third kappa shape index (κ3) is 3.13. The van der Waals surface area contributed by atoms with E-state index in [1.54, 1.807) is 0 Å². The molecule has 0 saturated carbocycles. The minimum Gasteiger partial charge on any atom is -0.368 e. The lowest BCUT2D eigenvalue weighted by Crippen LogP contribution is -2.22. The Balaban J connectivity index is 2.03. The van der Waals surface area contributed by atoms with Gasteiger partial charge in [0.2, 0.25) is 0 Å². The van der Waals surface area contributed by atoms with Crippen LogP contribution in [0.4, 0.5) is 0 Å². The highest BCUT2D eigenvalue weighted by molar-refractivity contribution is 14.1. The second-order valence-corrected chi connectivity index (χ2v) is 6.99. The van der Waals surface area contributed by atoms with Gasteiger partial charge in [-0.25, -0.2) is 0 Å². The summed E-state index contributed by atoms with van der Waals surface area (Å²) in [6.45, 7) is 1.60. The van der Waals surface area contributed by atoms with E-state index in [9.17, 15) is 4.79 Å². The Morgan fingerprint density at radius 1 is 1.10 bits per heavy atom. The minimum atomic E-state index is 0.0383. The number of hydrogen-bond donors (Lipinski definition) is 1. The molecule has 3 rings (SSSR count). The van der Waals surface area contributed by atoms with Gasteiger partial charge in [-0.05, 0) is 63.4 Å². The number of nitrogens with one attached hydrogen (secondary N) is 1. The van der Waals surface area contributed by atoms with E-state index in [1.807, 2.05) is 42.5 Å². The lowest BCUT2D eigenvalue weighted by Gasteiger charge is -2.10. The molecule has 1 aliphatic rings. The van der Waals surface area contributed by atoms with Gasteiger partial charge in [0.15, 0.2) is 5.78 Å². The van der Waals surface area contributed by atoms with E-state index < -0.39 is 0 Å². The average molecular weight is 502 g/mol. The molecule has 3 nitrogen and oxygen atoms in total. The highest BCUT2D eigenvalue weighted by Gasteiger charge is 2.18. The predicted octanol–water partition coefficient (Wildman–Crippen LogP) is 3.48. The number of carbonyl (C=O) groups is 1. The fourth-order valence-electron chi connectivity index (χ4n) is 2.26. The van der Waals surface area contributed by atoms with E-state index in [0.717, 1.165) is 31.6 Å². The summed E-state index contributed by atoms with van der Waals surface area (Å²) in [6, 6.07) is 13.4. The fourth-order valence-corrected chi connectivity index (χ4v) is 3.11. The van der Waals surface area contributed by atoms with Gasteiger partial charge in [0, 0.05) is 30.4 Å². The average Bonchev–Trinajstić information content (AvgIpc) is 3.03. The monoisotopic (exact) mass is 502 g/mol. The van der Waals surface area contributed by atoms with E-state index in [1.165, 1.54) is 0 Å². The van der Waals surface area contributed by atoms with Crippen LogP contribution < -0.4 is 5.32 Å². The standard InChI is InChI=1S/C16H12I2N2O/c17-13-6-5-10(9-14(13)18)15(21)11-3-1-2-4-12(11)16-19-7-8-20-16/h1-6,9H,7-8H2,(H,19,20). The molecule has 2 aromatic rings. The van der Waals surface area contributed by atoms with Gasteiger partial charge >= 0.3 is 0 Å². The molecule has 2 aromatic carbocycles. The number of hydrogen-bond acceptors (Lipinski definition) is 3. The molecule has 0 aromatic heterocycles. The Morgan fingerprint density at radius 2 is 1.90 bits per heavy atom. The van der Waals surface area contributed by atoms with Crippen LogP contribution in [0, 0.1) is 7.14 Å². The molecule has 106 valence electrons. The molecule has 1 N–H and O–H groups in total. The van der Waals surface area contributed by atoms with Crippen molar-refractivity contribution in [3.05, 3.63) is 66.3 Å². The first-order valence-electron chi connectivity index (χ1n) is 6.54.